The third kappa shape index (κ3) is 7.01. The maximum atomic E-state index is 15.8. The Labute approximate surface area is 250 Å². The van der Waals surface area contributed by atoms with Crippen LogP contribution in [0.3, 0.4) is 0 Å². The van der Waals surface area contributed by atoms with Crippen LogP contribution >= 0.6 is 0 Å². The molecule has 0 atom stereocenters. The van der Waals surface area contributed by atoms with E-state index in [-0.39, 0.29) is 18.4 Å². The first-order chi connectivity index (χ1) is 20.9. The fourth-order valence-electron chi connectivity index (χ4n) is 4.98. The van der Waals surface area contributed by atoms with Crippen molar-refractivity contribution in [1.82, 2.24) is 20.0 Å². The minimum Gasteiger partial charge on any atom is -0.494 e. The van der Waals surface area contributed by atoms with Gasteiger partial charge in [-0.05, 0) is 60.4 Å². The Kier molecular flexibility index (Phi) is 9.65. The molecule has 0 bridgehead atoms. The summed E-state index contributed by atoms with van der Waals surface area (Å²) in [5.74, 6) is 1.27. The molecule has 5 rings (SSSR count). The summed E-state index contributed by atoms with van der Waals surface area (Å²) in [7, 11) is 0.413. The fourth-order valence-corrected chi connectivity index (χ4v) is 5.32. The van der Waals surface area contributed by atoms with Gasteiger partial charge in [-0.1, -0.05) is 18.2 Å². The highest BCUT2D eigenvalue weighted by Gasteiger charge is 2.22. The molecule has 1 aliphatic rings. The second kappa shape index (κ2) is 13.8. The number of anilines is 2. The molecule has 1 saturated heterocycles. The molecule has 0 radical (unpaired) electrons. The lowest BCUT2D eigenvalue weighted by Gasteiger charge is -2.29. The zero-order valence-electron chi connectivity index (χ0n) is 23.9. The first kappa shape index (κ1) is 30.1. The molecule has 43 heavy (non-hydrogen) atoms. The Balaban J connectivity index is 1.58. The number of halogens is 1. The molecule has 3 aromatic carbocycles. The molecule has 2 amide bonds. The third-order valence-corrected chi connectivity index (χ3v) is 7.64. The molecule has 226 valence electrons. The van der Waals surface area contributed by atoms with Crippen LogP contribution in [0.1, 0.15) is 12.0 Å². The van der Waals surface area contributed by atoms with Crippen molar-refractivity contribution in [1.29, 1.82) is 0 Å². The molecule has 0 unspecified atom stereocenters. The second-order valence-electron chi connectivity index (χ2n) is 9.87. The molecule has 2 heterocycles. The van der Waals surface area contributed by atoms with E-state index in [1.165, 1.54) is 0 Å². The number of aryl methyl sites for hydroxylation is 1. The van der Waals surface area contributed by atoms with Crippen LogP contribution in [0, 0.1) is 5.82 Å². The average Bonchev–Trinajstić information content (AvgIpc) is 3.03. The summed E-state index contributed by atoms with van der Waals surface area (Å²) in [6.45, 7) is 2.58. The van der Waals surface area contributed by atoms with Gasteiger partial charge in [0.05, 0.1) is 20.3 Å². The molecule has 0 spiro atoms. The Morgan fingerprint density at radius 3 is 2.53 bits per heavy atom. The fraction of sp³-hybridized carbons (Fsp3) is 0.300. The van der Waals surface area contributed by atoms with Crippen molar-refractivity contribution in [3.05, 3.63) is 66.0 Å². The number of aromatic nitrogens is 2. The van der Waals surface area contributed by atoms with Gasteiger partial charge in [-0.3, -0.25) is 0 Å². The van der Waals surface area contributed by atoms with Crippen LogP contribution in [-0.2, 0) is 22.0 Å². The van der Waals surface area contributed by atoms with Crippen molar-refractivity contribution in [2.75, 3.05) is 57.2 Å². The second-order valence-corrected chi connectivity index (χ2v) is 10.7. The highest BCUT2D eigenvalue weighted by Crippen LogP contribution is 2.38. The van der Waals surface area contributed by atoms with Crippen molar-refractivity contribution in [2.45, 2.75) is 12.8 Å². The minimum absolute atomic E-state index is 0.238. The summed E-state index contributed by atoms with van der Waals surface area (Å²) in [5, 5.41) is 5.98. The van der Waals surface area contributed by atoms with Gasteiger partial charge < -0.3 is 25.0 Å². The number of benzene rings is 3. The summed E-state index contributed by atoms with van der Waals surface area (Å²) in [6.07, 6.45) is 0.842. The molecule has 0 aliphatic carbocycles. The van der Waals surface area contributed by atoms with Crippen LogP contribution in [0.2, 0.25) is 0 Å². The zero-order valence-corrected chi connectivity index (χ0v) is 24.7. The first-order valence-electron chi connectivity index (χ1n) is 13.8. The number of methoxy groups -OCH3 is 1. The Bertz CT molecular complexity index is 1690. The molecule has 1 fully saturated rings. The van der Waals surface area contributed by atoms with Gasteiger partial charge in [0.1, 0.15) is 22.9 Å². The van der Waals surface area contributed by atoms with Crippen LogP contribution in [0.4, 0.5) is 20.7 Å². The molecule has 11 nitrogen and oxygen atoms in total. The molecule has 0 saturated carbocycles. The molecule has 3 N–H and O–H groups in total. The third-order valence-electron chi connectivity index (χ3n) is 7.16. The van der Waals surface area contributed by atoms with Crippen molar-refractivity contribution in [2.24, 2.45) is 0 Å². The maximum Gasteiger partial charge on any atom is 0.318 e. The van der Waals surface area contributed by atoms with Gasteiger partial charge in [-0.2, -0.15) is 0 Å². The van der Waals surface area contributed by atoms with Crippen LogP contribution in [-0.4, -0.2) is 71.4 Å². The number of thiol groups is 1. The number of nitrogens with zero attached hydrogens (tertiary/aromatic N) is 3. The van der Waals surface area contributed by atoms with Gasteiger partial charge >= 0.3 is 6.03 Å². The largest absolute Gasteiger partial charge is 0.494 e. The molecule has 13 heteroatoms. The first-order valence-corrected chi connectivity index (χ1v) is 15.0. The number of hydrogen-bond donors (Lipinski definition) is 4. The molecular weight excluding hydrogens is 575 g/mol. The van der Waals surface area contributed by atoms with Gasteiger partial charge in [0.25, 0.3) is 0 Å². The van der Waals surface area contributed by atoms with E-state index in [1.807, 2.05) is 18.2 Å². The van der Waals surface area contributed by atoms with E-state index >= 15 is 4.39 Å². The Morgan fingerprint density at radius 1 is 1.07 bits per heavy atom. The Morgan fingerprint density at radius 2 is 1.84 bits per heavy atom. The number of hydrogen-bond acceptors (Lipinski definition) is 8. The Hall–Kier alpha value is -4.33. The lowest BCUT2D eigenvalue weighted by molar-refractivity contribution is 0.122. The van der Waals surface area contributed by atoms with Crippen LogP contribution in [0.25, 0.3) is 33.4 Å². The number of rotatable bonds is 10. The predicted octanol–water partition coefficient (Wildman–Crippen LogP) is 3.75. The zero-order chi connectivity index (χ0) is 30.3. The number of carbonyl (C=O) groups is 1. The quantitative estimate of drug-likeness (QED) is 0.158. The summed E-state index contributed by atoms with van der Waals surface area (Å²) < 4.78 is 51.1. The van der Waals surface area contributed by atoms with E-state index in [0.29, 0.717) is 89.8 Å². The van der Waals surface area contributed by atoms with Crippen molar-refractivity contribution in [3.63, 3.8) is 0 Å². The molecule has 4 aromatic rings. The summed E-state index contributed by atoms with van der Waals surface area (Å²) in [6, 6.07) is 15.8. The molecule has 1 aromatic heterocycles. The normalized spacial score (nSPS) is 13.3. The predicted molar refractivity (Wildman–Crippen MR) is 165 cm³/mol. The van der Waals surface area contributed by atoms with E-state index in [1.54, 1.807) is 50.6 Å². The van der Waals surface area contributed by atoms with E-state index < -0.39 is 10.9 Å². The number of carbonyl (C=O) groups excluding carboxylic acids is 1. The number of urea groups is 1. The monoisotopic (exact) mass is 608 g/mol. The number of morpholine rings is 1. The van der Waals surface area contributed by atoms with Crippen LogP contribution in [0.5, 0.6) is 5.75 Å². The summed E-state index contributed by atoms with van der Waals surface area (Å²) >= 11 is 0. The van der Waals surface area contributed by atoms with E-state index in [2.05, 4.69) is 20.3 Å². The van der Waals surface area contributed by atoms with E-state index in [4.69, 9.17) is 19.4 Å². The van der Waals surface area contributed by atoms with Crippen molar-refractivity contribution < 1.29 is 27.1 Å². The van der Waals surface area contributed by atoms with Crippen LogP contribution in [0.15, 0.2) is 54.6 Å². The van der Waals surface area contributed by atoms with Gasteiger partial charge in [0, 0.05) is 48.9 Å². The van der Waals surface area contributed by atoms with Gasteiger partial charge in [0.15, 0.2) is 5.82 Å². The minimum atomic E-state index is -2.68. The van der Waals surface area contributed by atoms with E-state index in [0.717, 1.165) is 5.56 Å². The number of amides is 2. The average molecular weight is 609 g/mol. The summed E-state index contributed by atoms with van der Waals surface area (Å²) in [5.41, 5.74) is 3.46. The smallest absolute Gasteiger partial charge is 0.318 e. The number of ether oxygens (including phenoxy) is 2. The van der Waals surface area contributed by atoms with Gasteiger partial charge in [-0.25, -0.2) is 32.3 Å². The molecular formula is C30H33FN6O5S. The topological polar surface area (TPSA) is 135 Å². The SMILES string of the molecule is CNC(=O)Nc1ccc(-c2nc(N3CCOCC3)c3cc(-c4cccc(CCCN[SH](=O)=O)c4F)cc(OC)c3n2)cc1. The maximum absolute atomic E-state index is 15.8. The highest BCUT2D eigenvalue weighted by molar-refractivity contribution is 7.70. The van der Waals surface area contributed by atoms with Gasteiger partial charge in [0.2, 0.25) is 10.9 Å². The molecule has 1 aliphatic heterocycles. The summed E-state index contributed by atoms with van der Waals surface area (Å²) in [4.78, 5) is 23.7. The number of nitrogens with one attached hydrogen (secondary N) is 3. The number of fused-ring (bicyclic) bond motifs is 1. The highest BCUT2D eigenvalue weighted by atomic mass is 32.2. The lowest BCUT2D eigenvalue weighted by atomic mass is 9.98. The van der Waals surface area contributed by atoms with Crippen molar-refractivity contribution in [3.8, 4) is 28.3 Å². The van der Waals surface area contributed by atoms with Crippen molar-refractivity contribution >= 4 is 39.3 Å². The standard InChI is InChI=1S/C30H33FN6O5S/c1-32-30(38)34-22-10-8-20(9-11-22)28-35-27-24(29(36-28)37-13-15-42-16-14-37)17-21(18-25(27)41-2)23-7-3-5-19(26(23)31)6-4-12-33-43(39)40/h3,5,7-11,17-18,43H,4,6,12-16H2,1-2H3,(H2,32,34,38)(H,33,39,40). The van der Waals surface area contributed by atoms with Gasteiger partial charge in [-0.15, -0.1) is 0 Å². The van der Waals surface area contributed by atoms with E-state index in [9.17, 15) is 13.2 Å². The van der Waals surface area contributed by atoms with Crippen LogP contribution < -0.4 is 25.0 Å². The lowest BCUT2D eigenvalue weighted by Crippen LogP contribution is -2.37.